The fourth-order valence-corrected chi connectivity index (χ4v) is 1.31. The van der Waals surface area contributed by atoms with Crippen molar-refractivity contribution in [1.82, 2.24) is 0 Å². The summed E-state index contributed by atoms with van der Waals surface area (Å²) in [4.78, 5) is 0.119. The maximum absolute atomic E-state index is 10.8. The summed E-state index contributed by atoms with van der Waals surface area (Å²) in [5, 5.41) is 4.89. The van der Waals surface area contributed by atoms with Crippen LogP contribution < -0.4 is 5.14 Å². The number of nitrogens with two attached hydrogens (primary N) is 1. The maximum atomic E-state index is 10.8. The zero-order chi connectivity index (χ0) is 9.19. The monoisotopic (exact) mass is 223 g/mol. The average Bonchev–Trinajstić information content (AvgIpc) is 2.03. The Labute approximate surface area is 120 Å². The molecule has 0 aliphatic heterocycles. The van der Waals surface area contributed by atoms with E-state index in [2.05, 4.69) is 6.58 Å². The van der Waals surface area contributed by atoms with Crippen molar-refractivity contribution >= 4 is 67.5 Å². The number of rotatable bonds is 2. The van der Waals surface area contributed by atoms with Crippen LogP contribution in [-0.4, -0.2) is 59.8 Å². The molecule has 0 atom stereocenters. The van der Waals surface area contributed by atoms with Crippen LogP contribution in [-0.2, 0) is 10.0 Å². The number of benzene rings is 1. The van der Waals surface area contributed by atoms with Crippen LogP contribution in [0.15, 0.2) is 35.7 Å². The van der Waals surface area contributed by atoms with Gasteiger partial charge in [0.2, 0.25) is 10.0 Å². The Bertz CT molecular complexity index is 383. The first-order valence-corrected chi connectivity index (χ1v) is 4.84. The van der Waals surface area contributed by atoms with Crippen LogP contribution in [0.2, 0.25) is 0 Å². The predicted molar refractivity (Wildman–Crippen MR) is 55.1 cm³/mol. The van der Waals surface area contributed by atoms with Crippen LogP contribution in [0.25, 0.3) is 6.08 Å². The summed E-state index contributed by atoms with van der Waals surface area (Å²) in [5.74, 6) is 0. The molecule has 0 bridgehead atoms. The Morgan fingerprint density at radius 1 is 1.23 bits per heavy atom. The Morgan fingerprint density at radius 3 is 2.00 bits per heavy atom. The van der Waals surface area contributed by atoms with Crippen LogP contribution in [0, 0.1) is 0 Å². The quantitative estimate of drug-likeness (QED) is 0.734. The number of primary sulfonamides is 1. The molecule has 0 saturated carbocycles. The van der Waals surface area contributed by atoms with Crippen molar-refractivity contribution in [2.75, 3.05) is 0 Å². The topological polar surface area (TPSA) is 60.2 Å². The fourth-order valence-electron chi connectivity index (χ4n) is 0.794. The van der Waals surface area contributed by atoms with Gasteiger partial charge in [0.05, 0.1) is 4.90 Å². The molecule has 0 radical (unpaired) electrons. The Balaban J connectivity index is 0.00000144. The molecule has 0 amide bonds. The van der Waals surface area contributed by atoms with Gasteiger partial charge in [-0.15, -0.1) is 0 Å². The Morgan fingerprint density at radius 2 is 1.69 bits per heavy atom. The molecular weight excluding hydrogens is 213 g/mol. The van der Waals surface area contributed by atoms with Crippen LogP contribution in [0.5, 0.6) is 0 Å². The summed E-state index contributed by atoms with van der Waals surface area (Å²) in [6.45, 7) is 3.54. The molecule has 66 valence electrons. The van der Waals surface area contributed by atoms with Crippen LogP contribution >= 0.6 is 0 Å². The van der Waals surface area contributed by atoms with E-state index in [-0.39, 0.29) is 56.3 Å². The number of hydrogen-bond acceptors (Lipinski definition) is 2. The minimum absolute atomic E-state index is 0. The van der Waals surface area contributed by atoms with Crippen molar-refractivity contribution in [3.63, 3.8) is 0 Å². The zero-order valence-electron chi connectivity index (χ0n) is 6.40. The fraction of sp³-hybridized carbons (Fsp3) is 0. The average molecular weight is 223 g/mol. The molecular formula is C8H10KNO2S. The minimum atomic E-state index is -3.56. The predicted octanol–water partition coefficient (Wildman–Crippen LogP) is 0.329. The van der Waals surface area contributed by atoms with E-state index in [1.54, 1.807) is 18.2 Å². The molecule has 0 heterocycles. The van der Waals surface area contributed by atoms with Crippen LogP contribution in [0.1, 0.15) is 5.56 Å². The molecule has 0 spiro atoms. The second kappa shape index (κ2) is 5.40. The first-order chi connectivity index (χ1) is 5.54. The van der Waals surface area contributed by atoms with Crippen LogP contribution in [0.3, 0.4) is 0 Å². The van der Waals surface area contributed by atoms with E-state index < -0.39 is 10.0 Å². The third-order valence-electron chi connectivity index (χ3n) is 1.44. The third-order valence-corrected chi connectivity index (χ3v) is 2.37. The molecule has 0 unspecified atom stereocenters. The van der Waals surface area contributed by atoms with E-state index in [0.29, 0.717) is 0 Å². The number of sulfonamides is 1. The summed E-state index contributed by atoms with van der Waals surface area (Å²) in [7, 11) is -3.56. The Kier molecular flexibility index (Phi) is 5.61. The van der Waals surface area contributed by atoms with Gasteiger partial charge in [-0.2, -0.15) is 0 Å². The first-order valence-electron chi connectivity index (χ1n) is 3.29. The van der Waals surface area contributed by atoms with Gasteiger partial charge in [-0.3, -0.25) is 0 Å². The van der Waals surface area contributed by atoms with E-state index in [1.807, 2.05) is 0 Å². The van der Waals surface area contributed by atoms with Gasteiger partial charge in [-0.25, -0.2) is 13.6 Å². The van der Waals surface area contributed by atoms with Crippen LogP contribution in [0.4, 0.5) is 0 Å². The van der Waals surface area contributed by atoms with Crippen molar-refractivity contribution in [3.05, 3.63) is 36.4 Å². The van der Waals surface area contributed by atoms with Gasteiger partial charge in [-0.05, 0) is 17.7 Å². The van der Waals surface area contributed by atoms with Gasteiger partial charge in [0.25, 0.3) is 0 Å². The van der Waals surface area contributed by atoms with Crippen molar-refractivity contribution < 1.29 is 8.42 Å². The summed E-state index contributed by atoms with van der Waals surface area (Å²) in [6.07, 6.45) is 1.63. The molecule has 0 saturated heterocycles. The van der Waals surface area contributed by atoms with Gasteiger partial charge in [-0.1, -0.05) is 24.8 Å². The van der Waals surface area contributed by atoms with Crippen molar-refractivity contribution in [1.29, 1.82) is 0 Å². The molecule has 2 N–H and O–H groups in total. The standard InChI is InChI=1S/C8H9NO2S.K.H/c1-2-7-3-5-8(6-4-7)12(9,10)11;;/h2-6H,1H2,(H2,9,10,11);;. The van der Waals surface area contributed by atoms with Crippen molar-refractivity contribution in [2.24, 2.45) is 5.14 Å². The summed E-state index contributed by atoms with van der Waals surface area (Å²) < 4.78 is 21.6. The van der Waals surface area contributed by atoms with Gasteiger partial charge in [0, 0.05) is 0 Å². The molecule has 1 aromatic rings. The summed E-state index contributed by atoms with van der Waals surface area (Å²) in [6, 6.07) is 6.19. The van der Waals surface area contributed by atoms with E-state index in [1.165, 1.54) is 12.1 Å². The van der Waals surface area contributed by atoms with Gasteiger partial charge in [0.15, 0.2) is 0 Å². The second-order valence-corrected chi connectivity index (χ2v) is 3.88. The SMILES string of the molecule is C=Cc1ccc(S(N)(=O)=O)cc1.[KH]. The van der Waals surface area contributed by atoms with E-state index >= 15 is 0 Å². The molecule has 0 aromatic heterocycles. The molecule has 0 aliphatic rings. The molecule has 0 aliphatic carbocycles. The molecule has 5 heteroatoms. The molecule has 0 fully saturated rings. The molecule has 3 nitrogen and oxygen atoms in total. The van der Waals surface area contributed by atoms with E-state index in [4.69, 9.17) is 5.14 Å². The summed E-state index contributed by atoms with van der Waals surface area (Å²) in [5.41, 5.74) is 0.863. The molecule has 1 aromatic carbocycles. The zero-order valence-corrected chi connectivity index (χ0v) is 7.21. The van der Waals surface area contributed by atoms with Gasteiger partial charge >= 0.3 is 51.4 Å². The third kappa shape index (κ3) is 4.03. The second-order valence-electron chi connectivity index (χ2n) is 2.32. The molecule has 1 rings (SSSR count). The first kappa shape index (κ1) is 13.5. The van der Waals surface area contributed by atoms with Gasteiger partial charge < -0.3 is 0 Å². The van der Waals surface area contributed by atoms with Crippen molar-refractivity contribution in [2.45, 2.75) is 4.90 Å². The normalized spacial score (nSPS) is 10.2. The van der Waals surface area contributed by atoms with E-state index in [0.717, 1.165) is 5.56 Å². The molecule has 13 heavy (non-hydrogen) atoms. The Hall–Kier alpha value is 0.506. The summed E-state index contributed by atoms with van der Waals surface area (Å²) >= 11 is 0. The van der Waals surface area contributed by atoms with E-state index in [9.17, 15) is 8.42 Å². The van der Waals surface area contributed by atoms with Gasteiger partial charge in [0.1, 0.15) is 0 Å². The number of hydrogen-bond donors (Lipinski definition) is 1. The van der Waals surface area contributed by atoms with Crippen molar-refractivity contribution in [3.8, 4) is 0 Å².